The lowest BCUT2D eigenvalue weighted by atomic mass is 10.2. The van der Waals surface area contributed by atoms with E-state index in [4.69, 9.17) is 0 Å². The van der Waals surface area contributed by atoms with Gasteiger partial charge in [0.05, 0.1) is 11.4 Å². The van der Waals surface area contributed by atoms with Crippen LogP contribution in [-0.2, 0) is 0 Å². The molecular weight excluding hydrogens is 308 g/mol. The summed E-state index contributed by atoms with van der Waals surface area (Å²) >= 11 is 1.45. The molecule has 0 spiro atoms. The summed E-state index contributed by atoms with van der Waals surface area (Å²) in [5.74, 6) is 0. The van der Waals surface area contributed by atoms with Gasteiger partial charge in [-0.15, -0.1) is 0 Å². The highest BCUT2D eigenvalue weighted by atomic mass is 32.1. The molecule has 0 radical (unpaired) electrons. The van der Waals surface area contributed by atoms with Crippen LogP contribution in [0.4, 0.5) is 5.69 Å². The summed E-state index contributed by atoms with van der Waals surface area (Å²) in [6, 6.07) is 11.6. The molecular formula is C17H15N4OS+. The number of hydrogen-bond acceptors (Lipinski definition) is 4. The molecule has 114 valence electrons. The molecule has 0 unspecified atom stereocenters. The molecule has 0 aliphatic carbocycles. The smallest absolute Gasteiger partial charge is 0.276 e. The molecule has 1 N–H and O–H groups in total. The minimum Gasteiger partial charge on any atom is -0.377 e. The van der Waals surface area contributed by atoms with Crippen LogP contribution >= 0.6 is 11.3 Å². The van der Waals surface area contributed by atoms with Crippen LogP contribution < -0.4 is 15.4 Å². The number of para-hydroxylation sites is 1. The van der Waals surface area contributed by atoms with Gasteiger partial charge in [0.2, 0.25) is 0 Å². The van der Waals surface area contributed by atoms with Crippen molar-refractivity contribution in [2.24, 2.45) is 0 Å². The predicted molar refractivity (Wildman–Crippen MR) is 93.6 cm³/mol. The first-order valence-electron chi connectivity index (χ1n) is 7.24. The number of hydrogen-bond donors (Lipinski definition) is 0. The summed E-state index contributed by atoms with van der Waals surface area (Å²) < 4.78 is 2.25. The van der Waals surface area contributed by atoms with Crippen molar-refractivity contribution in [2.45, 2.75) is 0 Å². The van der Waals surface area contributed by atoms with E-state index in [1.54, 1.807) is 10.9 Å². The van der Waals surface area contributed by atoms with Crippen molar-refractivity contribution in [1.29, 1.82) is 0 Å². The maximum absolute atomic E-state index is 12.9. The van der Waals surface area contributed by atoms with Crippen molar-refractivity contribution in [3.63, 3.8) is 0 Å². The van der Waals surface area contributed by atoms with Gasteiger partial charge in [0, 0.05) is 20.2 Å². The standard InChI is InChI=1S/C17H14N4OS/c1-20(2)12-8-9-18-16-13(12)14-15(23-16)17(22)21(10-19-14)11-6-4-3-5-7-11/h3-10H,1-2H3/p+1. The Morgan fingerprint density at radius 3 is 2.70 bits per heavy atom. The number of aromatic amines is 1. The Kier molecular flexibility index (Phi) is 3.12. The molecule has 6 heteroatoms. The second-order valence-electron chi connectivity index (χ2n) is 5.50. The SMILES string of the molecule is CN(C)c1cc[nH+]c2sc3c(=O)n(-c4ccccc4)cnc3c12. The van der Waals surface area contributed by atoms with Crippen molar-refractivity contribution >= 4 is 37.5 Å². The Balaban J connectivity index is 2.08. The summed E-state index contributed by atoms with van der Waals surface area (Å²) in [5, 5.41) is 0.995. The average molecular weight is 323 g/mol. The number of fused-ring (bicyclic) bond motifs is 3. The zero-order valence-electron chi connectivity index (χ0n) is 12.8. The fourth-order valence-corrected chi connectivity index (χ4v) is 3.80. The molecule has 23 heavy (non-hydrogen) atoms. The van der Waals surface area contributed by atoms with Gasteiger partial charge in [0.15, 0.2) is 6.20 Å². The maximum atomic E-state index is 12.9. The summed E-state index contributed by atoms with van der Waals surface area (Å²) in [7, 11) is 3.98. The molecule has 0 saturated heterocycles. The lowest BCUT2D eigenvalue weighted by molar-refractivity contribution is -0.341. The zero-order chi connectivity index (χ0) is 16.0. The molecule has 4 rings (SSSR count). The number of benzene rings is 1. The Morgan fingerprint density at radius 1 is 1.17 bits per heavy atom. The fourth-order valence-electron chi connectivity index (χ4n) is 2.73. The Morgan fingerprint density at radius 2 is 1.96 bits per heavy atom. The van der Waals surface area contributed by atoms with Gasteiger partial charge in [-0.1, -0.05) is 29.5 Å². The number of nitrogens with one attached hydrogen (secondary N) is 1. The van der Waals surface area contributed by atoms with Crippen molar-refractivity contribution in [2.75, 3.05) is 19.0 Å². The number of anilines is 1. The highest BCUT2D eigenvalue weighted by molar-refractivity contribution is 7.25. The molecule has 0 fully saturated rings. The molecule has 0 amide bonds. The van der Waals surface area contributed by atoms with Gasteiger partial charge in [-0.2, -0.15) is 0 Å². The first kappa shape index (κ1) is 13.9. The predicted octanol–water partition coefficient (Wildman–Crippen LogP) is 2.48. The van der Waals surface area contributed by atoms with Gasteiger partial charge >= 0.3 is 0 Å². The minimum absolute atomic E-state index is 0.0412. The normalized spacial score (nSPS) is 11.2. The van der Waals surface area contributed by atoms with E-state index in [1.807, 2.05) is 61.6 Å². The Hall–Kier alpha value is -2.73. The van der Waals surface area contributed by atoms with Crippen LogP contribution in [0, 0.1) is 0 Å². The van der Waals surface area contributed by atoms with E-state index in [2.05, 4.69) is 9.97 Å². The number of aromatic nitrogens is 3. The first-order chi connectivity index (χ1) is 11.2. The zero-order valence-corrected chi connectivity index (χ0v) is 13.6. The average Bonchev–Trinajstić information content (AvgIpc) is 2.95. The van der Waals surface area contributed by atoms with Crippen LogP contribution in [0.5, 0.6) is 0 Å². The highest BCUT2D eigenvalue weighted by Crippen LogP contribution is 2.33. The van der Waals surface area contributed by atoms with Crippen LogP contribution in [0.2, 0.25) is 0 Å². The third kappa shape index (κ3) is 2.10. The fraction of sp³-hybridized carbons (Fsp3) is 0.118. The van der Waals surface area contributed by atoms with Crippen LogP contribution in [0.1, 0.15) is 0 Å². The summed E-state index contributed by atoms with van der Waals surface area (Å²) in [5.41, 5.74) is 2.58. The van der Waals surface area contributed by atoms with Crippen molar-refractivity contribution in [1.82, 2.24) is 9.55 Å². The van der Waals surface area contributed by atoms with E-state index in [0.29, 0.717) is 4.70 Å². The molecule has 0 bridgehead atoms. The van der Waals surface area contributed by atoms with Gasteiger partial charge < -0.3 is 4.90 Å². The first-order valence-corrected chi connectivity index (χ1v) is 8.06. The van der Waals surface area contributed by atoms with Crippen molar-refractivity contribution in [3.05, 3.63) is 59.3 Å². The van der Waals surface area contributed by atoms with E-state index in [1.165, 1.54) is 11.3 Å². The maximum Gasteiger partial charge on any atom is 0.276 e. The summed E-state index contributed by atoms with van der Waals surface area (Å²) in [6.45, 7) is 0. The van der Waals surface area contributed by atoms with Crippen LogP contribution in [-0.4, -0.2) is 23.6 Å². The second-order valence-corrected chi connectivity index (χ2v) is 6.52. The lowest BCUT2D eigenvalue weighted by Crippen LogP contribution is -2.17. The Labute approximate surface area is 136 Å². The van der Waals surface area contributed by atoms with Crippen LogP contribution in [0.15, 0.2) is 53.7 Å². The third-order valence-corrected chi connectivity index (χ3v) is 4.92. The highest BCUT2D eigenvalue weighted by Gasteiger charge is 2.19. The number of nitrogens with zero attached hydrogens (tertiary/aromatic N) is 3. The van der Waals surface area contributed by atoms with E-state index >= 15 is 0 Å². The molecule has 3 heterocycles. The quantitative estimate of drug-likeness (QED) is 0.569. The monoisotopic (exact) mass is 323 g/mol. The number of H-pyrrole nitrogens is 1. The van der Waals surface area contributed by atoms with Gasteiger partial charge in [-0.25, -0.2) is 9.97 Å². The molecule has 0 aliphatic heterocycles. The molecule has 0 atom stereocenters. The molecule has 0 saturated carbocycles. The molecule has 5 nitrogen and oxygen atoms in total. The van der Waals surface area contributed by atoms with Gasteiger partial charge in [0.1, 0.15) is 21.9 Å². The van der Waals surface area contributed by atoms with E-state index in [0.717, 1.165) is 27.1 Å². The van der Waals surface area contributed by atoms with Crippen molar-refractivity contribution in [3.8, 4) is 5.69 Å². The lowest BCUT2D eigenvalue weighted by Gasteiger charge is -2.11. The van der Waals surface area contributed by atoms with E-state index in [9.17, 15) is 4.79 Å². The van der Waals surface area contributed by atoms with Gasteiger partial charge in [0.25, 0.3) is 10.4 Å². The number of thiophene rings is 1. The van der Waals surface area contributed by atoms with Crippen LogP contribution in [0.3, 0.4) is 0 Å². The number of pyridine rings is 1. The molecule has 4 aromatic rings. The van der Waals surface area contributed by atoms with E-state index in [-0.39, 0.29) is 5.56 Å². The van der Waals surface area contributed by atoms with Gasteiger partial charge in [-0.3, -0.25) is 9.36 Å². The van der Waals surface area contributed by atoms with Gasteiger partial charge in [-0.05, 0) is 12.1 Å². The van der Waals surface area contributed by atoms with Crippen LogP contribution in [0.25, 0.3) is 26.1 Å². The molecule has 1 aromatic carbocycles. The molecule has 3 aromatic heterocycles. The summed E-state index contributed by atoms with van der Waals surface area (Å²) in [4.78, 5) is 23.7. The van der Waals surface area contributed by atoms with Crippen molar-refractivity contribution < 1.29 is 4.98 Å². The molecule has 0 aliphatic rings. The largest absolute Gasteiger partial charge is 0.377 e. The third-order valence-electron chi connectivity index (χ3n) is 3.83. The second kappa shape index (κ2) is 5.17. The summed E-state index contributed by atoms with van der Waals surface area (Å²) in [6.07, 6.45) is 3.50. The number of rotatable bonds is 2. The topological polar surface area (TPSA) is 52.3 Å². The Bertz CT molecular complexity index is 1070. The minimum atomic E-state index is -0.0412. The van der Waals surface area contributed by atoms with E-state index < -0.39 is 0 Å².